The molecule has 2 amide bonds. The van der Waals surface area contributed by atoms with Crippen LogP contribution in [0, 0.1) is 17.7 Å². The monoisotopic (exact) mass is 433 g/mol. The number of carbonyl (C=O) groups excluding carboxylic acids is 2. The first-order valence-corrected chi connectivity index (χ1v) is 11.6. The minimum absolute atomic E-state index is 0.00295. The van der Waals surface area contributed by atoms with Gasteiger partial charge in [0.25, 0.3) is 0 Å². The summed E-state index contributed by atoms with van der Waals surface area (Å²) in [6.07, 6.45) is 5.15. The Hall–Kier alpha value is -1.99. The van der Waals surface area contributed by atoms with E-state index in [0.717, 1.165) is 44.3 Å². The number of nitrogens with zero attached hydrogens (tertiary/aromatic N) is 1. The molecule has 1 aromatic rings. The van der Waals surface area contributed by atoms with E-state index in [0.29, 0.717) is 19.8 Å². The lowest BCUT2D eigenvalue weighted by atomic mass is 9.88. The quantitative estimate of drug-likeness (QED) is 0.661. The summed E-state index contributed by atoms with van der Waals surface area (Å²) in [7, 11) is 0. The van der Waals surface area contributed by atoms with Crippen LogP contribution in [-0.2, 0) is 14.3 Å². The summed E-state index contributed by atoms with van der Waals surface area (Å²) in [5.41, 5.74) is 0.955. The molecule has 2 unspecified atom stereocenters. The third-order valence-electron chi connectivity index (χ3n) is 6.43. The van der Waals surface area contributed by atoms with Crippen molar-refractivity contribution in [3.8, 4) is 0 Å². The van der Waals surface area contributed by atoms with Crippen molar-refractivity contribution < 1.29 is 18.7 Å². The molecule has 3 rings (SSSR count). The van der Waals surface area contributed by atoms with E-state index in [1.807, 2.05) is 13.8 Å². The number of carbonyl (C=O) groups is 2. The second-order valence-electron chi connectivity index (χ2n) is 9.03. The summed E-state index contributed by atoms with van der Waals surface area (Å²) in [6, 6.07) is 5.81. The summed E-state index contributed by atoms with van der Waals surface area (Å²) in [4.78, 5) is 28.0. The third kappa shape index (κ3) is 6.74. The predicted octanol–water partition coefficient (Wildman–Crippen LogP) is 3.04. The topological polar surface area (TPSA) is 70.7 Å². The summed E-state index contributed by atoms with van der Waals surface area (Å²) >= 11 is 0. The average molecular weight is 434 g/mol. The standard InChI is InChI=1S/C24H36FN3O3/c1-17(2)22(27-23(29)19-6-4-3-5-7-19)24(30)26-16-21(28-12-14-31-15-13-28)18-8-10-20(25)11-9-18/h8-11,17,19,21-22H,3-7,12-16H2,1-2H3,(H,26,30)(H,27,29). The van der Waals surface area contributed by atoms with E-state index in [1.54, 1.807) is 12.1 Å². The van der Waals surface area contributed by atoms with E-state index in [2.05, 4.69) is 15.5 Å². The van der Waals surface area contributed by atoms with Crippen molar-refractivity contribution in [2.24, 2.45) is 11.8 Å². The second kappa shape index (κ2) is 11.6. The van der Waals surface area contributed by atoms with Crippen LogP contribution in [0.25, 0.3) is 0 Å². The SMILES string of the molecule is CC(C)C(NC(=O)C1CCCCC1)C(=O)NCC(c1ccc(F)cc1)N1CCOCC1. The highest BCUT2D eigenvalue weighted by atomic mass is 19.1. The number of ether oxygens (including phenoxy) is 1. The molecule has 0 spiro atoms. The maximum absolute atomic E-state index is 13.4. The van der Waals surface area contributed by atoms with Crippen LogP contribution in [-0.4, -0.2) is 55.6 Å². The molecule has 1 aliphatic heterocycles. The van der Waals surface area contributed by atoms with Gasteiger partial charge in [0.15, 0.2) is 0 Å². The lowest BCUT2D eigenvalue weighted by Crippen LogP contribution is -2.53. The highest BCUT2D eigenvalue weighted by Crippen LogP contribution is 2.24. The molecule has 1 heterocycles. The Morgan fingerprint density at radius 1 is 1.10 bits per heavy atom. The molecule has 1 aromatic carbocycles. The minimum Gasteiger partial charge on any atom is -0.379 e. The molecule has 1 saturated heterocycles. The lowest BCUT2D eigenvalue weighted by molar-refractivity contribution is -0.132. The number of hydrogen-bond acceptors (Lipinski definition) is 4. The Bertz CT molecular complexity index is 713. The van der Waals surface area contributed by atoms with Crippen molar-refractivity contribution in [3.05, 3.63) is 35.6 Å². The van der Waals surface area contributed by atoms with Crippen LogP contribution < -0.4 is 10.6 Å². The fourth-order valence-electron chi connectivity index (χ4n) is 4.51. The van der Waals surface area contributed by atoms with Crippen LogP contribution in [0.3, 0.4) is 0 Å². The van der Waals surface area contributed by atoms with Crippen molar-refractivity contribution in [1.29, 1.82) is 0 Å². The fraction of sp³-hybridized carbons (Fsp3) is 0.667. The number of amides is 2. The van der Waals surface area contributed by atoms with Gasteiger partial charge < -0.3 is 15.4 Å². The molecule has 2 atom stereocenters. The van der Waals surface area contributed by atoms with E-state index in [-0.39, 0.29) is 35.5 Å². The number of hydrogen-bond donors (Lipinski definition) is 2. The molecular weight excluding hydrogens is 397 g/mol. The van der Waals surface area contributed by atoms with Crippen LogP contribution in [0.5, 0.6) is 0 Å². The van der Waals surface area contributed by atoms with E-state index in [4.69, 9.17) is 4.74 Å². The molecule has 0 radical (unpaired) electrons. The molecule has 2 N–H and O–H groups in total. The Balaban J connectivity index is 1.64. The van der Waals surface area contributed by atoms with Gasteiger partial charge in [-0.1, -0.05) is 45.2 Å². The largest absolute Gasteiger partial charge is 0.379 e. The number of nitrogens with one attached hydrogen (secondary N) is 2. The average Bonchev–Trinajstić information content (AvgIpc) is 2.79. The zero-order valence-electron chi connectivity index (χ0n) is 18.7. The van der Waals surface area contributed by atoms with Crippen LogP contribution in [0.2, 0.25) is 0 Å². The molecule has 0 bridgehead atoms. The van der Waals surface area contributed by atoms with Gasteiger partial charge in [0.2, 0.25) is 11.8 Å². The number of morpholine rings is 1. The van der Waals surface area contributed by atoms with E-state index < -0.39 is 6.04 Å². The van der Waals surface area contributed by atoms with Gasteiger partial charge in [-0.05, 0) is 36.5 Å². The van der Waals surface area contributed by atoms with E-state index in [9.17, 15) is 14.0 Å². The highest BCUT2D eigenvalue weighted by molar-refractivity contribution is 5.88. The molecule has 7 heteroatoms. The van der Waals surface area contributed by atoms with Crippen LogP contribution >= 0.6 is 0 Å². The Morgan fingerprint density at radius 3 is 2.35 bits per heavy atom. The third-order valence-corrected chi connectivity index (χ3v) is 6.43. The van der Waals surface area contributed by atoms with Gasteiger partial charge in [-0.15, -0.1) is 0 Å². The van der Waals surface area contributed by atoms with Gasteiger partial charge in [0.1, 0.15) is 11.9 Å². The van der Waals surface area contributed by atoms with Crippen molar-refractivity contribution >= 4 is 11.8 Å². The maximum Gasteiger partial charge on any atom is 0.242 e. The molecule has 1 aliphatic carbocycles. The molecule has 31 heavy (non-hydrogen) atoms. The van der Waals surface area contributed by atoms with Crippen LogP contribution in [0.1, 0.15) is 57.6 Å². The lowest BCUT2D eigenvalue weighted by Gasteiger charge is -2.35. The van der Waals surface area contributed by atoms with Gasteiger partial charge in [-0.25, -0.2) is 4.39 Å². The molecule has 1 saturated carbocycles. The van der Waals surface area contributed by atoms with Gasteiger partial charge in [0, 0.05) is 25.6 Å². The van der Waals surface area contributed by atoms with Crippen molar-refractivity contribution in [1.82, 2.24) is 15.5 Å². The Morgan fingerprint density at radius 2 is 1.74 bits per heavy atom. The molecule has 0 aromatic heterocycles. The van der Waals surface area contributed by atoms with Crippen molar-refractivity contribution in [2.75, 3.05) is 32.8 Å². The first-order chi connectivity index (χ1) is 15.0. The Kier molecular flexibility index (Phi) is 8.84. The first kappa shape index (κ1) is 23.7. The smallest absolute Gasteiger partial charge is 0.242 e. The molecule has 2 fully saturated rings. The number of halogens is 1. The number of benzene rings is 1. The summed E-state index contributed by atoms with van der Waals surface area (Å²) < 4.78 is 18.9. The maximum atomic E-state index is 13.4. The summed E-state index contributed by atoms with van der Waals surface area (Å²) in [5, 5.41) is 6.06. The van der Waals surface area contributed by atoms with Gasteiger partial charge in [-0.2, -0.15) is 0 Å². The molecule has 6 nitrogen and oxygen atoms in total. The fourth-order valence-corrected chi connectivity index (χ4v) is 4.51. The summed E-state index contributed by atoms with van der Waals surface area (Å²) in [5.74, 6) is -0.446. The molecular formula is C24H36FN3O3. The van der Waals surface area contributed by atoms with Crippen LogP contribution in [0.4, 0.5) is 4.39 Å². The zero-order chi connectivity index (χ0) is 22.2. The van der Waals surface area contributed by atoms with Gasteiger partial charge in [0.05, 0.1) is 19.3 Å². The zero-order valence-corrected chi connectivity index (χ0v) is 18.7. The van der Waals surface area contributed by atoms with E-state index >= 15 is 0 Å². The normalized spacial score (nSPS) is 20.3. The van der Waals surface area contributed by atoms with Gasteiger partial charge in [-0.3, -0.25) is 14.5 Å². The summed E-state index contributed by atoms with van der Waals surface area (Å²) in [6.45, 7) is 7.08. The first-order valence-electron chi connectivity index (χ1n) is 11.6. The predicted molar refractivity (Wildman–Crippen MR) is 118 cm³/mol. The molecule has 2 aliphatic rings. The second-order valence-corrected chi connectivity index (χ2v) is 9.03. The van der Waals surface area contributed by atoms with Crippen LogP contribution in [0.15, 0.2) is 24.3 Å². The minimum atomic E-state index is -0.562. The number of rotatable bonds is 8. The molecule has 172 valence electrons. The van der Waals surface area contributed by atoms with E-state index in [1.165, 1.54) is 18.6 Å². The Labute approximate surface area is 184 Å². The van der Waals surface area contributed by atoms with Gasteiger partial charge >= 0.3 is 0 Å². The van der Waals surface area contributed by atoms with Crippen molar-refractivity contribution in [2.45, 2.75) is 58.0 Å². The van der Waals surface area contributed by atoms with Crippen molar-refractivity contribution in [3.63, 3.8) is 0 Å². The highest BCUT2D eigenvalue weighted by Gasteiger charge is 2.30.